The SMILES string of the molecule is CC(C)NC(=O)Nc1c(F)cc(C2C(N)c3ccc(Oc4ncccn4)cc3N2C2CCC2)cc1F. The van der Waals surface area contributed by atoms with Crippen LogP contribution in [0.15, 0.2) is 48.8 Å². The predicted octanol–water partition coefficient (Wildman–Crippen LogP) is 5.19. The highest BCUT2D eigenvalue weighted by atomic mass is 19.1. The van der Waals surface area contributed by atoms with E-state index in [4.69, 9.17) is 10.5 Å². The number of hydrogen-bond acceptors (Lipinski definition) is 6. The van der Waals surface area contributed by atoms with Crippen molar-refractivity contribution in [2.24, 2.45) is 5.73 Å². The monoisotopic (exact) mass is 494 g/mol. The Kier molecular flexibility index (Phi) is 6.44. The summed E-state index contributed by atoms with van der Waals surface area (Å²) in [5, 5.41) is 4.83. The Bertz CT molecular complexity index is 1250. The number of fused-ring (bicyclic) bond motifs is 1. The summed E-state index contributed by atoms with van der Waals surface area (Å²) in [7, 11) is 0. The first-order valence-corrected chi connectivity index (χ1v) is 12.0. The molecule has 1 saturated carbocycles. The minimum Gasteiger partial charge on any atom is -0.424 e. The van der Waals surface area contributed by atoms with Gasteiger partial charge in [-0.15, -0.1) is 0 Å². The smallest absolute Gasteiger partial charge is 0.321 e. The fourth-order valence-electron chi connectivity index (χ4n) is 4.78. The Morgan fingerprint density at radius 3 is 2.44 bits per heavy atom. The van der Waals surface area contributed by atoms with Gasteiger partial charge in [0.05, 0.1) is 12.1 Å². The summed E-state index contributed by atoms with van der Waals surface area (Å²) in [5.74, 6) is -1.16. The molecule has 10 heteroatoms. The van der Waals surface area contributed by atoms with Crippen LogP contribution in [0.25, 0.3) is 0 Å². The Morgan fingerprint density at radius 2 is 1.83 bits per heavy atom. The molecule has 1 aliphatic carbocycles. The van der Waals surface area contributed by atoms with Crippen molar-refractivity contribution >= 4 is 17.4 Å². The zero-order valence-electron chi connectivity index (χ0n) is 20.0. The van der Waals surface area contributed by atoms with Gasteiger partial charge in [-0.25, -0.2) is 23.5 Å². The van der Waals surface area contributed by atoms with Gasteiger partial charge in [-0.3, -0.25) is 0 Å². The van der Waals surface area contributed by atoms with Crippen molar-refractivity contribution in [3.63, 3.8) is 0 Å². The maximum Gasteiger partial charge on any atom is 0.321 e. The number of halogens is 2. The number of benzene rings is 2. The number of nitrogens with zero attached hydrogens (tertiary/aromatic N) is 3. The topological polar surface area (TPSA) is 105 Å². The second-order valence-electron chi connectivity index (χ2n) is 9.43. The molecule has 0 radical (unpaired) electrons. The number of nitrogens with one attached hydrogen (secondary N) is 2. The quantitative estimate of drug-likeness (QED) is 0.436. The van der Waals surface area contributed by atoms with E-state index in [9.17, 15) is 4.79 Å². The average molecular weight is 495 g/mol. The molecule has 4 N–H and O–H groups in total. The van der Waals surface area contributed by atoms with E-state index < -0.39 is 35.4 Å². The number of carbonyl (C=O) groups is 1. The standard InChI is InChI=1S/C26H28F2N6O2/c1-14(2)32-25(35)33-23-19(27)11-15(12-20(23)28)24-22(29)18-8-7-17(36-26-30-9-4-10-31-26)13-21(18)34(24)16-5-3-6-16/h4,7-14,16,22,24H,3,5-6,29H2,1-2H3,(H2,32,33,35). The first-order valence-electron chi connectivity index (χ1n) is 12.0. The van der Waals surface area contributed by atoms with Crippen LogP contribution in [0.1, 0.15) is 56.3 Å². The van der Waals surface area contributed by atoms with E-state index in [2.05, 4.69) is 25.5 Å². The summed E-state index contributed by atoms with van der Waals surface area (Å²) in [6.07, 6.45) is 6.17. The third kappa shape index (κ3) is 4.56. The molecule has 2 heterocycles. The maximum absolute atomic E-state index is 15.1. The summed E-state index contributed by atoms with van der Waals surface area (Å²) >= 11 is 0. The Balaban J connectivity index is 1.47. The number of nitrogens with two attached hydrogens (primary N) is 1. The lowest BCUT2D eigenvalue weighted by Crippen LogP contribution is -2.42. The number of urea groups is 1. The normalized spacial score (nSPS) is 19.1. The summed E-state index contributed by atoms with van der Waals surface area (Å²) in [6, 6.07) is 8.33. The minimum absolute atomic E-state index is 0.177. The molecule has 2 amide bonds. The first kappa shape index (κ1) is 23.9. The number of anilines is 2. The van der Waals surface area contributed by atoms with Crippen molar-refractivity contribution in [2.75, 3.05) is 10.2 Å². The lowest BCUT2D eigenvalue weighted by Gasteiger charge is -2.41. The molecule has 5 rings (SSSR count). The number of hydrogen-bond donors (Lipinski definition) is 3. The van der Waals surface area contributed by atoms with Gasteiger partial charge in [-0.1, -0.05) is 6.07 Å². The van der Waals surface area contributed by atoms with Gasteiger partial charge in [-0.2, -0.15) is 0 Å². The van der Waals surface area contributed by atoms with Crippen LogP contribution in [0.2, 0.25) is 0 Å². The van der Waals surface area contributed by atoms with Crippen molar-refractivity contribution in [3.8, 4) is 11.8 Å². The lowest BCUT2D eigenvalue weighted by molar-refractivity contribution is 0.249. The van der Waals surface area contributed by atoms with Gasteiger partial charge in [0.2, 0.25) is 0 Å². The third-order valence-electron chi connectivity index (χ3n) is 6.56. The Morgan fingerprint density at radius 1 is 1.14 bits per heavy atom. The lowest BCUT2D eigenvalue weighted by atomic mass is 9.89. The minimum atomic E-state index is -0.856. The molecule has 1 aliphatic heterocycles. The molecule has 0 bridgehead atoms. The van der Waals surface area contributed by atoms with Crippen molar-refractivity contribution in [2.45, 2.75) is 57.3 Å². The van der Waals surface area contributed by atoms with Crippen LogP contribution in [0.4, 0.5) is 25.0 Å². The molecule has 188 valence electrons. The van der Waals surface area contributed by atoms with E-state index in [0.717, 1.165) is 30.5 Å². The van der Waals surface area contributed by atoms with Crippen molar-refractivity contribution in [3.05, 3.63) is 71.6 Å². The van der Waals surface area contributed by atoms with Crippen LogP contribution < -0.4 is 26.0 Å². The second kappa shape index (κ2) is 9.69. The largest absolute Gasteiger partial charge is 0.424 e. The van der Waals surface area contributed by atoms with Crippen molar-refractivity contribution in [1.82, 2.24) is 15.3 Å². The summed E-state index contributed by atoms with van der Waals surface area (Å²) in [4.78, 5) is 22.4. The number of rotatable bonds is 6. The van der Waals surface area contributed by atoms with Crippen LogP contribution in [0.3, 0.4) is 0 Å². The van der Waals surface area contributed by atoms with Crippen LogP contribution in [-0.4, -0.2) is 28.1 Å². The first-order chi connectivity index (χ1) is 17.3. The van der Waals surface area contributed by atoms with Crippen LogP contribution in [0.5, 0.6) is 11.8 Å². The number of aromatic nitrogens is 2. The fraction of sp³-hybridized carbons (Fsp3) is 0.346. The van der Waals surface area contributed by atoms with Gasteiger partial charge in [0, 0.05) is 36.2 Å². The molecule has 2 unspecified atom stereocenters. The van der Waals surface area contributed by atoms with Gasteiger partial charge < -0.3 is 26.0 Å². The van der Waals surface area contributed by atoms with Crippen LogP contribution >= 0.6 is 0 Å². The van der Waals surface area contributed by atoms with Gasteiger partial charge >= 0.3 is 12.0 Å². The van der Waals surface area contributed by atoms with E-state index >= 15 is 8.78 Å². The third-order valence-corrected chi connectivity index (χ3v) is 6.56. The number of ether oxygens (including phenoxy) is 1. The maximum atomic E-state index is 15.1. The molecule has 2 atom stereocenters. The molecule has 2 aliphatic rings. The van der Waals surface area contributed by atoms with Gasteiger partial charge in [-0.05, 0) is 68.5 Å². The van der Waals surface area contributed by atoms with Gasteiger partial charge in [0.1, 0.15) is 23.1 Å². The van der Waals surface area contributed by atoms with Gasteiger partial charge in [0.15, 0.2) is 0 Å². The molecule has 3 aromatic rings. The van der Waals surface area contributed by atoms with E-state index in [1.54, 1.807) is 38.4 Å². The van der Waals surface area contributed by atoms with Crippen LogP contribution in [-0.2, 0) is 0 Å². The molecule has 2 aromatic carbocycles. The molecule has 0 saturated heterocycles. The molecule has 1 aromatic heterocycles. The molecule has 8 nitrogen and oxygen atoms in total. The van der Waals surface area contributed by atoms with E-state index in [-0.39, 0.29) is 18.1 Å². The average Bonchev–Trinajstić information content (AvgIpc) is 3.07. The highest BCUT2D eigenvalue weighted by Gasteiger charge is 2.43. The van der Waals surface area contributed by atoms with E-state index in [0.29, 0.717) is 11.3 Å². The van der Waals surface area contributed by atoms with Gasteiger partial charge in [0.25, 0.3) is 0 Å². The Hall–Kier alpha value is -3.79. The van der Waals surface area contributed by atoms with Crippen LogP contribution in [0, 0.1) is 11.6 Å². The fourth-order valence-corrected chi connectivity index (χ4v) is 4.78. The molecule has 36 heavy (non-hydrogen) atoms. The molecule has 0 spiro atoms. The summed E-state index contributed by atoms with van der Waals surface area (Å²) in [6.45, 7) is 3.51. The van der Waals surface area contributed by atoms with E-state index in [1.807, 2.05) is 12.1 Å². The summed E-state index contributed by atoms with van der Waals surface area (Å²) < 4.78 is 36.0. The number of carbonyl (C=O) groups excluding carboxylic acids is 1. The van der Waals surface area contributed by atoms with Crippen molar-refractivity contribution in [1.29, 1.82) is 0 Å². The highest BCUT2D eigenvalue weighted by Crippen LogP contribution is 2.51. The highest BCUT2D eigenvalue weighted by molar-refractivity contribution is 5.89. The Labute approximate surface area is 207 Å². The molecule has 1 fully saturated rings. The zero-order chi connectivity index (χ0) is 25.4. The molecular weight excluding hydrogens is 466 g/mol. The second-order valence-corrected chi connectivity index (χ2v) is 9.43. The number of amides is 2. The summed E-state index contributed by atoms with van der Waals surface area (Å²) in [5.41, 5.74) is 8.32. The predicted molar refractivity (Wildman–Crippen MR) is 132 cm³/mol. The van der Waals surface area contributed by atoms with Crippen molar-refractivity contribution < 1.29 is 18.3 Å². The zero-order valence-corrected chi connectivity index (χ0v) is 20.0. The van der Waals surface area contributed by atoms with E-state index in [1.165, 1.54) is 12.1 Å². The molecular formula is C26H28F2N6O2.